The standard InChI is InChI=1S/C15H19N3OS/c1-12-3-2-4-13(9-12)14-10-16-15(20-14)11-17-18-5-7-19-8-6-18/h2-4,9-10,17H,5-8,11H2,1H3. The maximum absolute atomic E-state index is 5.33. The molecule has 0 radical (unpaired) electrons. The summed E-state index contributed by atoms with van der Waals surface area (Å²) in [5.74, 6) is 0. The summed E-state index contributed by atoms with van der Waals surface area (Å²) in [4.78, 5) is 5.73. The van der Waals surface area contributed by atoms with Crippen molar-refractivity contribution in [1.29, 1.82) is 0 Å². The van der Waals surface area contributed by atoms with Gasteiger partial charge >= 0.3 is 0 Å². The number of aryl methyl sites for hydroxylation is 1. The van der Waals surface area contributed by atoms with E-state index in [1.165, 1.54) is 16.0 Å². The first kappa shape index (κ1) is 13.7. The molecule has 0 spiro atoms. The largest absolute Gasteiger partial charge is 0.379 e. The third-order valence-electron chi connectivity index (χ3n) is 3.32. The zero-order valence-corrected chi connectivity index (χ0v) is 12.4. The van der Waals surface area contributed by atoms with E-state index in [-0.39, 0.29) is 0 Å². The van der Waals surface area contributed by atoms with E-state index >= 15 is 0 Å². The Balaban J connectivity index is 1.61. The average molecular weight is 289 g/mol. The molecule has 1 aliphatic rings. The minimum Gasteiger partial charge on any atom is -0.379 e. The Morgan fingerprint density at radius 2 is 2.20 bits per heavy atom. The lowest BCUT2D eigenvalue weighted by molar-refractivity contribution is 0.0105. The van der Waals surface area contributed by atoms with Gasteiger partial charge in [-0.25, -0.2) is 15.4 Å². The summed E-state index contributed by atoms with van der Waals surface area (Å²) in [6.45, 7) is 6.40. The summed E-state index contributed by atoms with van der Waals surface area (Å²) >= 11 is 1.75. The topological polar surface area (TPSA) is 37.4 Å². The van der Waals surface area contributed by atoms with Crippen LogP contribution in [-0.4, -0.2) is 36.3 Å². The van der Waals surface area contributed by atoms with Gasteiger partial charge in [0.15, 0.2) is 0 Å². The number of hydrazine groups is 1. The molecule has 0 bridgehead atoms. The van der Waals surface area contributed by atoms with E-state index in [4.69, 9.17) is 4.74 Å². The van der Waals surface area contributed by atoms with Gasteiger partial charge in [0.2, 0.25) is 0 Å². The van der Waals surface area contributed by atoms with Crippen LogP contribution in [0, 0.1) is 6.92 Å². The molecule has 1 aromatic heterocycles. The van der Waals surface area contributed by atoms with Gasteiger partial charge in [-0.1, -0.05) is 29.8 Å². The summed E-state index contributed by atoms with van der Waals surface area (Å²) in [6.07, 6.45) is 1.97. The Morgan fingerprint density at radius 1 is 1.35 bits per heavy atom. The van der Waals surface area contributed by atoms with Crippen LogP contribution in [-0.2, 0) is 11.3 Å². The molecule has 1 aliphatic heterocycles. The Labute approximate surface area is 123 Å². The summed E-state index contributed by atoms with van der Waals surface area (Å²) in [6, 6.07) is 8.55. The molecule has 0 unspecified atom stereocenters. The molecule has 20 heavy (non-hydrogen) atoms. The molecular weight excluding hydrogens is 270 g/mol. The SMILES string of the molecule is Cc1cccc(-c2cnc(CNN3CCOCC3)s2)c1. The highest BCUT2D eigenvalue weighted by Gasteiger charge is 2.11. The number of hydrogen-bond donors (Lipinski definition) is 1. The van der Waals surface area contributed by atoms with Gasteiger partial charge in [0.1, 0.15) is 5.01 Å². The first-order valence-electron chi connectivity index (χ1n) is 6.89. The molecule has 4 nitrogen and oxygen atoms in total. The van der Waals surface area contributed by atoms with Crippen LogP contribution in [0.1, 0.15) is 10.6 Å². The lowest BCUT2D eigenvalue weighted by Gasteiger charge is -2.26. The molecule has 2 heterocycles. The van der Waals surface area contributed by atoms with Crippen LogP contribution in [0.15, 0.2) is 30.5 Å². The fraction of sp³-hybridized carbons (Fsp3) is 0.400. The van der Waals surface area contributed by atoms with E-state index in [0.717, 1.165) is 37.9 Å². The normalized spacial score (nSPS) is 16.4. The van der Waals surface area contributed by atoms with Gasteiger partial charge in [0.05, 0.1) is 24.6 Å². The van der Waals surface area contributed by atoms with E-state index < -0.39 is 0 Å². The van der Waals surface area contributed by atoms with Gasteiger partial charge in [0, 0.05) is 19.3 Å². The molecule has 0 amide bonds. The first-order chi connectivity index (χ1) is 9.81. The summed E-state index contributed by atoms with van der Waals surface area (Å²) in [5, 5.41) is 3.32. The van der Waals surface area contributed by atoms with Crippen molar-refractivity contribution in [2.24, 2.45) is 0 Å². The average Bonchev–Trinajstić information content (AvgIpc) is 2.95. The maximum Gasteiger partial charge on any atom is 0.108 e. The number of rotatable bonds is 4. The zero-order chi connectivity index (χ0) is 13.8. The summed E-state index contributed by atoms with van der Waals surface area (Å²) in [5.41, 5.74) is 5.95. The number of nitrogens with one attached hydrogen (secondary N) is 1. The zero-order valence-electron chi connectivity index (χ0n) is 11.6. The Kier molecular flexibility index (Phi) is 4.42. The minimum atomic E-state index is 0.788. The van der Waals surface area contributed by atoms with Crippen LogP contribution in [0.5, 0.6) is 0 Å². The third kappa shape index (κ3) is 3.43. The molecule has 5 heteroatoms. The van der Waals surface area contributed by atoms with Crippen molar-refractivity contribution in [3.05, 3.63) is 41.0 Å². The summed E-state index contributed by atoms with van der Waals surface area (Å²) < 4.78 is 5.33. The quantitative estimate of drug-likeness (QED) is 0.938. The van der Waals surface area contributed by atoms with E-state index in [2.05, 4.69) is 46.6 Å². The van der Waals surface area contributed by atoms with Crippen molar-refractivity contribution in [3.8, 4) is 10.4 Å². The number of aromatic nitrogens is 1. The Morgan fingerprint density at radius 3 is 3.00 bits per heavy atom. The molecule has 0 aliphatic carbocycles. The van der Waals surface area contributed by atoms with Gasteiger partial charge in [-0.2, -0.15) is 0 Å². The highest BCUT2D eigenvalue weighted by atomic mass is 32.1. The van der Waals surface area contributed by atoms with Crippen molar-refractivity contribution in [2.45, 2.75) is 13.5 Å². The monoisotopic (exact) mass is 289 g/mol. The third-order valence-corrected chi connectivity index (χ3v) is 4.37. The van der Waals surface area contributed by atoms with Crippen molar-refractivity contribution in [2.75, 3.05) is 26.3 Å². The van der Waals surface area contributed by atoms with E-state index in [0.29, 0.717) is 0 Å². The van der Waals surface area contributed by atoms with Crippen LogP contribution >= 0.6 is 11.3 Å². The van der Waals surface area contributed by atoms with Crippen LogP contribution in [0.3, 0.4) is 0 Å². The highest BCUT2D eigenvalue weighted by Crippen LogP contribution is 2.26. The smallest absolute Gasteiger partial charge is 0.108 e. The van der Waals surface area contributed by atoms with Gasteiger partial charge in [0.25, 0.3) is 0 Å². The van der Waals surface area contributed by atoms with Crippen molar-refractivity contribution >= 4 is 11.3 Å². The van der Waals surface area contributed by atoms with Crippen LogP contribution < -0.4 is 5.43 Å². The fourth-order valence-electron chi connectivity index (χ4n) is 2.22. The lowest BCUT2D eigenvalue weighted by atomic mass is 10.1. The second-order valence-electron chi connectivity index (χ2n) is 4.92. The van der Waals surface area contributed by atoms with E-state index in [1.807, 2.05) is 6.20 Å². The second-order valence-corrected chi connectivity index (χ2v) is 6.04. The van der Waals surface area contributed by atoms with Gasteiger partial charge < -0.3 is 4.74 Å². The highest BCUT2D eigenvalue weighted by molar-refractivity contribution is 7.15. The molecule has 1 aromatic carbocycles. The molecule has 106 valence electrons. The number of thiazole rings is 1. The number of ether oxygens (including phenoxy) is 1. The maximum atomic E-state index is 5.33. The Bertz CT molecular complexity index is 564. The molecule has 0 saturated carbocycles. The molecule has 1 saturated heterocycles. The fourth-order valence-corrected chi connectivity index (χ4v) is 3.07. The minimum absolute atomic E-state index is 0.788. The lowest BCUT2D eigenvalue weighted by Crippen LogP contribution is -2.45. The Hall–Kier alpha value is -1.27. The molecule has 1 N–H and O–H groups in total. The van der Waals surface area contributed by atoms with Crippen molar-refractivity contribution < 1.29 is 4.74 Å². The second kappa shape index (κ2) is 6.45. The van der Waals surface area contributed by atoms with Crippen molar-refractivity contribution in [3.63, 3.8) is 0 Å². The van der Waals surface area contributed by atoms with Crippen LogP contribution in [0.2, 0.25) is 0 Å². The number of hydrogen-bond acceptors (Lipinski definition) is 5. The first-order valence-corrected chi connectivity index (χ1v) is 7.71. The van der Waals surface area contributed by atoms with Gasteiger partial charge in [-0.05, 0) is 12.5 Å². The molecule has 0 atom stereocenters. The van der Waals surface area contributed by atoms with Crippen LogP contribution in [0.25, 0.3) is 10.4 Å². The van der Waals surface area contributed by atoms with E-state index in [1.54, 1.807) is 11.3 Å². The van der Waals surface area contributed by atoms with Gasteiger partial charge in [-0.3, -0.25) is 0 Å². The predicted molar refractivity (Wildman–Crippen MR) is 81.5 cm³/mol. The molecule has 2 aromatic rings. The number of nitrogens with zero attached hydrogens (tertiary/aromatic N) is 2. The predicted octanol–water partition coefficient (Wildman–Crippen LogP) is 2.46. The summed E-state index contributed by atoms with van der Waals surface area (Å²) in [7, 11) is 0. The van der Waals surface area contributed by atoms with Crippen molar-refractivity contribution in [1.82, 2.24) is 15.4 Å². The van der Waals surface area contributed by atoms with E-state index in [9.17, 15) is 0 Å². The van der Waals surface area contributed by atoms with Gasteiger partial charge in [-0.15, -0.1) is 11.3 Å². The molecular formula is C15H19N3OS. The molecule has 1 fully saturated rings. The molecule has 3 rings (SSSR count). The number of morpholine rings is 1. The number of benzene rings is 1. The van der Waals surface area contributed by atoms with Crippen LogP contribution in [0.4, 0.5) is 0 Å².